The smallest absolute Gasteiger partial charge is 0.410 e. The van der Waals surface area contributed by atoms with E-state index in [0.29, 0.717) is 36.7 Å². The number of carbonyl (C=O) groups excluding carboxylic acids is 2. The van der Waals surface area contributed by atoms with E-state index < -0.39 is 17.7 Å². The van der Waals surface area contributed by atoms with Crippen molar-refractivity contribution in [1.82, 2.24) is 20.2 Å². The number of amides is 2. The molecule has 0 aliphatic carbocycles. The monoisotopic (exact) mass is 533 g/mol. The van der Waals surface area contributed by atoms with Gasteiger partial charge in [-0.25, -0.2) is 9.78 Å². The Balaban J connectivity index is 1.97. The van der Waals surface area contributed by atoms with Crippen LogP contribution in [-0.4, -0.2) is 58.6 Å². The number of nitrogens with one attached hydrogen (secondary N) is 3. The lowest BCUT2D eigenvalue weighted by Crippen LogP contribution is -2.47. The lowest BCUT2D eigenvalue weighted by atomic mass is 10.2. The first-order chi connectivity index (χ1) is 18.4. The number of nitrogens with zero attached hydrogens (tertiary/aromatic N) is 4. The zero-order chi connectivity index (χ0) is 29.0. The molecule has 1 atom stereocenters. The van der Waals surface area contributed by atoms with E-state index >= 15 is 0 Å². The molecule has 1 aromatic heterocycles. The van der Waals surface area contributed by atoms with E-state index in [1.54, 1.807) is 59.0 Å². The van der Waals surface area contributed by atoms with E-state index in [1.807, 2.05) is 6.92 Å². The number of unbranched alkanes of at least 4 members (excludes halogenated alkanes) is 1. The highest BCUT2D eigenvalue weighted by Crippen LogP contribution is 2.21. The molecule has 0 unspecified atom stereocenters. The number of benzene rings is 1. The van der Waals surface area contributed by atoms with Gasteiger partial charge in [0, 0.05) is 32.2 Å². The summed E-state index contributed by atoms with van der Waals surface area (Å²) in [6, 6.07) is 8.51. The summed E-state index contributed by atoms with van der Waals surface area (Å²) in [5, 5.41) is 18.3. The number of anilines is 3. The van der Waals surface area contributed by atoms with Gasteiger partial charge in [0.2, 0.25) is 11.9 Å². The molecule has 10 heteroatoms. The normalized spacial score (nSPS) is 11.3. The first kappa shape index (κ1) is 30.9. The van der Waals surface area contributed by atoms with Gasteiger partial charge in [-0.05, 0) is 71.7 Å². The molecule has 0 saturated heterocycles. The molecule has 3 N–H and O–H groups in total. The fourth-order valence-corrected chi connectivity index (χ4v) is 3.26. The third-order valence-corrected chi connectivity index (χ3v) is 5.54. The maximum absolute atomic E-state index is 12.5. The zero-order valence-electron chi connectivity index (χ0n) is 23.9. The molecular formula is C29H39N7O3. The molecule has 10 nitrogen and oxygen atoms in total. The quantitative estimate of drug-likeness (QED) is 0.295. The fourth-order valence-electron chi connectivity index (χ4n) is 3.26. The molecule has 1 heterocycles. The van der Waals surface area contributed by atoms with Gasteiger partial charge < -0.3 is 20.7 Å². The van der Waals surface area contributed by atoms with E-state index in [-0.39, 0.29) is 5.91 Å². The average Bonchev–Trinajstić information content (AvgIpc) is 2.88. The number of rotatable bonds is 10. The maximum atomic E-state index is 12.5. The van der Waals surface area contributed by atoms with E-state index in [2.05, 4.69) is 50.8 Å². The maximum Gasteiger partial charge on any atom is 0.410 e. The highest BCUT2D eigenvalue weighted by Gasteiger charge is 2.26. The van der Waals surface area contributed by atoms with Crippen molar-refractivity contribution in [2.75, 3.05) is 30.8 Å². The summed E-state index contributed by atoms with van der Waals surface area (Å²) >= 11 is 0. The number of carbonyl (C=O) groups is 2. The summed E-state index contributed by atoms with van der Waals surface area (Å²) in [4.78, 5) is 35.1. The summed E-state index contributed by atoms with van der Waals surface area (Å²) in [6.45, 7) is 12.1. The van der Waals surface area contributed by atoms with Gasteiger partial charge in [-0.2, -0.15) is 10.2 Å². The molecule has 0 saturated carbocycles. The second kappa shape index (κ2) is 14.6. The predicted octanol–water partition coefficient (Wildman–Crippen LogP) is 4.73. The Kier molecular flexibility index (Phi) is 11.6. The first-order valence-electron chi connectivity index (χ1n) is 13.1. The van der Waals surface area contributed by atoms with Gasteiger partial charge in [0.25, 0.3) is 0 Å². The Morgan fingerprint density at radius 3 is 2.46 bits per heavy atom. The fraction of sp³-hybridized carbons (Fsp3) is 0.483. The third kappa shape index (κ3) is 10.2. The standard InChI is InChI=1S/C29H39N7O3/c1-8-17-31-25-24(20(2)33-27(35-25)34-23-15-13-22(19-30)14-16-23)12-10-9-11-18-32-26(37)21(3)36(7)28(38)39-29(4,5)6/h13-16,21H,8-9,11,17-18H2,1-7H3,(H,32,37)(H2,31,33,34,35)/t21-/m0/s1. The van der Waals surface area contributed by atoms with Gasteiger partial charge in [0.15, 0.2) is 0 Å². The van der Waals surface area contributed by atoms with E-state index in [1.165, 1.54) is 4.90 Å². The third-order valence-electron chi connectivity index (χ3n) is 5.54. The van der Waals surface area contributed by atoms with Crippen molar-refractivity contribution in [3.05, 3.63) is 41.1 Å². The minimum Gasteiger partial charge on any atom is -0.444 e. The van der Waals surface area contributed by atoms with Crippen LogP contribution in [0.15, 0.2) is 24.3 Å². The van der Waals surface area contributed by atoms with Crippen LogP contribution in [-0.2, 0) is 9.53 Å². The summed E-state index contributed by atoms with van der Waals surface area (Å²) in [5.74, 6) is 7.17. The van der Waals surface area contributed by atoms with Gasteiger partial charge in [0.1, 0.15) is 17.5 Å². The van der Waals surface area contributed by atoms with Gasteiger partial charge in [-0.3, -0.25) is 9.69 Å². The second-order valence-electron chi connectivity index (χ2n) is 10.1. The number of nitriles is 1. The van der Waals surface area contributed by atoms with Crippen molar-refractivity contribution in [2.24, 2.45) is 0 Å². The summed E-state index contributed by atoms with van der Waals surface area (Å²) in [7, 11) is 1.55. The number of ether oxygens (including phenoxy) is 1. The van der Waals surface area contributed by atoms with Crippen molar-refractivity contribution in [3.8, 4) is 17.9 Å². The van der Waals surface area contributed by atoms with Crippen LogP contribution < -0.4 is 16.0 Å². The molecule has 0 aliphatic rings. The summed E-state index contributed by atoms with van der Waals surface area (Å²) in [6.07, 6.45) is 1.60. The van der Waals surface area contributed by atoms with Crippen LogP contribution in [0.25, 0.3) is 0 Å². The van der Waals surface area contributed by atoms with Gasteiger partial charge in [0.05, 0.1) is 22.9 Å². The van der Waals surface area contributed by atoms with Crippen LogP contribution in [0.3, 0.4) is 0 Å². The van der Waals surface area contributed by atoms with Gasteiger partial charge in [-0.15, -0.1) is 0 Å². The van der Waals surface area contributed by atoms with Crippen LogP contribution in [0.1, 0.15) is 70.7 Å². The van der Waals surface area contributed by atoms with Crippen molar-refractivity contribution in [3.63, 3.8) is 0 Å². The molecule has 2 amide bonds. The molecule has 2 aromatic rings. The molecule has 1 aromatic carbocycles. The number of likely N-dealkylation sites (N-methyl/N-ethyl adjacent to an activating group) is 1. The lowest BCUT2D eigenvalue weighted by Gasteiger charge is -2.28. The van der Waals surface area contributed by atoms with Crippen molar-refractivity contribution >= 4 is 29.5 Å². The highest BCUT2D eigenvalue weighted by atomic mass is 16.6. The van der Waals surface area contributed by atoms with Gasteiger partial charge in [-0.1, -0.05) is 18.8 Å². The molecule has 0 fully saturated rings. The Morgan fingerprint density at radius 2 is 1.85 bits per heavy atom. The SMILES string of the molecule is CCCNc1nc(Nc2ccc(C#N)cc2)nc(C)c1C#CCCCNC(=O)[C@H](C)N(C)C(=O)OC(C)(C)C. The molecule has 0 bridgehead atoms. The first-order valence-corrected chi connectivity index (χ1v) is 13.1. The number of aromatic nitrogens is 2. The second-order valence-corrected chi connectivity index (χ2v) is 10.1. The lowest BCUT2D eigenvalue weighted by molar-refractivity contribution is -0.125. The Morgan fingerprint density at radius 1 is 1.15 bits per heavy atom. The van der Waals surface area contributed by atoms with E-state index in [9.17, 15) is 9.59 Å². The van der Waals surface area contributed by atoms with Crippen LogP contribution in [0.5, 0.6) is 0 Å². The highest BCUT2D eigenvalue weighted by molar-refractivity contribution is 5.85. The van der Waals surface area contributed by atoms with Crippen LogP contribution >= 0.6 is 0 Å². The van der Waals surface area contributed by atoms with Crippen molar-refractivity contribution in [1.29, 1.82) is 5.26 Å². The largest absolute Gasteiger partial charge is 0.444 e. The predicted molar refractivity (Wildman–Crippen MR) is 153 cm³/mol. The van der Waals surface area contributed by atoms with Crippen molar-refractivity contribution in [2.45, 2.75) is 72.4 Å². The Hall–Kier alpha value is -4.31. The molecule has 0 aliphatic heterocycles. The average molecular weight is 534 g/mol. The van der Waals surface area contributed by atoms with Crippen LogP contribution in [0.2, 0.25) is 0 Å². The van der Waals surface area contributed by atoms with Crippen LogP contribution in [0, 0.1) is 30.1 Å². The zero-order valence-corrected chi connectivity index (χ0v) is 23.9. The van der Waals surface area contributed by atoms with Crippen LogP contribution in [0.4, 0.5) is 22.2 Å². The van der Waals surface area contributed by atoms with E-state index in [0.717, 1.165) is 29.9 Å². The molecule has 208 valence electrons. The number of aryl methyl sites for hydroxylation is 1. The van der Waals surface area contributed by atoms with Crippen molar-refractivity contribution < 1.29 is 14.3 Å². The minimum absolute atomic E-state index is 0.253. The molecule has 39 heavy (non-hydrogen) atoms. The number of hydrogen-bond acceptors (Lipinski definition) is 8. The molecule has 0 spiro atoms. The Labute approximate surface area is 231 Å². The number of hydrogen-bond donors (Lipinski definition) is 3. The Bertz CT molecular complexity index is 1230. The topological polar surface area (TPSA) is 132 Å². The van der Waals surface area contributed by atoms with Gasteiger partial charge >= 0.3 is 6.09 Å². The minimum atomic E-state index is -0.658. The summed E-state index contributed by atoms with van der Waals surface area (Å²) < 4.78 is 5.32. The molecule has 2 rings (SSSR count). The molecular weight excluding hydrogens is 494 g/mol. The van der Waals surface area contributed by atoms with E-state index in [4.69, 9.17) is 10.00 Å². The summed E-state index contributed by atoms with van der Waals surface area (Å²) in [5.41, 5.74) is 2.19. The molecule has 0 radical (unpaired) electrons.